The Bertz CT molecular complexity index is 623. The zero-order valence-corrected chi connectivity index (χ0v) is 11.7. The van der Waals surface area contributed by atoms with E-state index >= 15 is 0 Å². The number of nitrogens with two attached hydrogens (primary N) is 1. The minimum Gasteiger partial charge on any atom is -0.398 e. The Morgan fingerprint density at radius 3 is 2.35 bits per heavy atom. The van der Waals surface area contributed by atoms with E-state index in [9.17, 15) is 0 Å². The number of nitrogens with zero attached hydrogens (tertiary/aromatic N) is 1. The van der Waals surface area contributed by atoms with Gasteiger partial charge in [0.2, 0.25) is 0 Å². The molecule has 0 saturated heterocycles. The van der Waals surface area contributed by atoms with Crippen LogP contribution in [0.2, 0.25) is 0 Å². The first kappa shape index (κ1) is 12.0. The molecule has 0 fully saturated rings. The summed E-state index contributed by atoms with van der Waals surface area (Å²) in [7, 11) is 0. The number of anilines is 1. The van der Waals surface area contributed by atoms with Gasteiger partial charge in [0.15, 0.2) is 0 Å². The molecule has 0 amide bonds. The normalized spacial score (nSPS) is 18.8. The SMILES string of the molecule is Nc1cccc2c1CN(C1Cc3ccccc3C1)CC2. The molecule has 20 heavy (non-hydrogen) atoms. The predicted octanol–water partition coefficient (Wildman–Crippen LogP) is 2.79. The summed E-state index contributed by atoms with van der Waals surface area (Å²) in [6.45, 7) is 2.18. The number of benzene rings is 2. The van der Waals surface area contributed by atoms with Crippen LogP contribution in [0.4, 0.5) is 5.69 Å². The largest absolute Gasteiger partial charge is 0.398 e. The summed E-state index contributed by atoms with van der Waals surface area (Å²) in [5.41, 5.74) is 13.0. The molecular weight excluding hydrogens is 244 g/mol. The number of hydrogen-bond acceptors (Lipinski definition) is 2. The van der Waals surface area contributed by atoms with Crippen molar-refractivity contribution < 1.29 is 0 Å². The van der Waals surface area contributed by atoms with Gasteiger partial charge in [0, 0.05) is 24.8 Å². The zero-order chi connectivity index (χ0) is 13.5. The highest BCUT2D eigenvalue weighted by Crippen LogP contribution is 2.31. The molecule has 2 heteroatoms. The summed E-state index contributed by atoms with van der Waals surface area (Å²) in [6.07, 6.45) is 3.52. The molecule has 4 rings (SSSR count). The molecular formula is C18H20N2. The Morgan fingerprint density at radius 2 is 1.60 bits per heavy atom. The van der Waals surface area contributed by atoms with E-state index < -0.39 is 0 Å². The molecule has 2 N–H and O–H groups in total. The minimum atomic E-state index is 0.653. The molecule has 0 spiro atoms. The lowest BCUT2D eigenvalue weighted by molar-refractivity contribution is 0.184. The second kappa shape index (κ2) is 4.64. The molecule has 0 saturated carbocycles. The number of fused-ring (bicyclic) bond motifs is 2. The van der Waals surface area contributed by atoms with Crippen LogP contribution in [0.5, 0.6) is 0 Å². The van der Waals surface area contributed by atoms with Crippen molar-refractivity contribution in [2.45, 2.75) is 31.8 Å². The van der Waals surface area contributed by atoms with Crippen LogP contribution in [-0.2, 0) is 25.8 Å². The second-order valence-corrected chi connectivity index (χ2v) is 6.04. The van der Waals surface area contributed by atoms with Gasteiger partial charge in [0.05, 0.1) is 0 Å². The monoisotopic (exact) mass is 264 g/mol. The first-order valence-electron chi connectivity index (χ1n) is 7.48. The molecule has 1 aliphatic carbocycles. The average Bonchev–Trinajstić information content (AvgIpc) is 2.91. The van der Waals surface area contributed by atoms with Crippen molar-refractivity contribution in [3.63, 3.8) is 0 Å². The van der Waals surface area contributed by atoms with Gasteiger partial charge in [-0.25, -0.2) is 0 Å². The third kappa shape index (κ3) is 1.92. The van der Waals surface area contributed by atoms with Crippen LogP contribution in [0.25, 0.3) is 0 Å². The highest BCUT2D eigenvalue weighted by Gasteiger charge is 2.29. The Kier molecular flexibility index (Phi) is 2.78. The van der Waals surface area contributed by atoms with Crippen molar-refractivity contribution in [3.05, 3.63) is 64.7 Å². The minimum absolute atomic E-state index is 0.653. The summed E-state index contributed by atoms with van der Waals surface area (Å²) in [5.74, 6) is 0. The van der Waals surface area contributed by atoms with Crippen molar-refractivity contribution in [1.29, 1.82) is 0 Å². The third-order valence-corrected chi connectivity index (χ3v) is 4.88. The van der Waals surface area contributed by atoms with Gasteiger partial charge in [-0.05, 0) is 47.6 Å². The van der Waals surface area contributed by atoms with Gasteiger partial charge in [0.1, 0.15) is 0 Å². The fourth-order valence-corrected chi connectivity index (χ4v) is 3.73. The lowest BCUT2D eigenvalue weighted by Gasteiger charge is -2.34. The lowest BCUT2D eigenvalue weighted by atomic mass is 9.96. The molecule has 0 unspecified atom stereocenters. The van der Waals surface area contributed by atoms with E-state index in [0.29, 0.717) is 6.04 Å². The smallest absolute Gasteiger partial charge is 0.0362 e. The summed E-state index contributed by atoms with van der Waals surface area (Å²) >= 11 is 0. The van der Waals surface area contributed by atoms with E-state index in [4.69, 9.17) is 5.73 Å². The van der Waals surface area contributed by atoms with Crippen LogP contribution >= 0.6 is 0 Å². The predicted molar refractivity (Wildman–Crippen MR) is 82.6 cm³/mol. The van der Waals surface area contributed by atoms with Gasteiger partial charge in [0.25, 0.3) is 0 Å². The third-order valence-electron chi connectivity index (χ3n) is 4.88. The van der Waals surface area contributed by atoms with Gasteiger partial charge in [-0.1, -0.05) is 36.4 Å². The first-order chi connectivity index (χ1) is 9.81. The quantitative estimate of drug-likeness (QED) is 0.803. The summed E-state index contributed by atoms with van der Waals surface area (Å²) in [5, 5.41) is 0. The molecule has 0 aromatic heterocycles. The molecule has 2 aliphatic rings. The summed E-state index contributed by atoms with van der Waals surface area (Å²) in [6, 6.07) is 15.9. The Morgan fingerprint density at radius 1 is 0.900 bits per heavy atom. The van der Waals surface area contributed by atoms with Crippen LogP contribution in [0.1, 0.15) is 22.3 Å². The molecule has 0 bridgehead atoms. The van der Waals surface area contributed by atoms with Crippen LogP contribution < -0.4 is 5.73 Å². The van der Waals surface area contributed by atoms with Gasteiger partial charge >= 0.3 is 0 Å². The van der Waals surface area contributed by atoms with Crippen molar-refractivity contribution >= 4 is 5.69 Å². The number of hydrogen-bond donors (Lipinski definition) is 1. The van der Waals surface area contributed by atoms with Gasteiger partial charge in [-0.2, -0.15) is 0 Å². The lowest BCUT2D eigenvalue weighted by Crippen LogP contribution is -2.40. The molecule has 0 radical (unpaired) electrons. The van der Waals surface area contributed by atoms with E-state index in [1.165, 1.54) is 35.1 Å². The Labute approximate surface area is 120 Å². The highest BCUT2D eigenvalue weighted by molar-refractivity contribution is 5.52. The Balaban J connectivity index is 1.57. The molecule has 2 aromatic carbocycles. The van der Waals surface area contributed by atoms with Gasteiger partial charge in [-0.15, -0.1) is 0 Å². The molecule has 102 valence electrons. The highest BCUT2D eigenvalue weighted by atomic mass is 15.2. The maximum atomic E-state index is 6.16. The van der Waals surface area contributed by atoms with Crippen molar-refractivity contribution in [2.24, 2.45) is 0 Å². The fraction of sp³-hybridized carbons (Fsp3) is 0.333. The molecule has 2 aromatic rings. The van der Waals surface area contributed by atoms with Crippen LogP contribution in [0.3, 0.4) is 0 Å². The van der Waals surface area contributed by atoms with E-state index in [0.717, 1.165) is 25.2 Å². The van der Waals surface area contributed by atoms with Crippen molar-refractivity contribution in [1.82, 2.24) is 4.90 Å². The van der Waals surface area contributed by atoms with Gasteiger partial charge < -0.3 is 5.73 Å². The maximum absolute atomic E-state index is 6.16. The molecule has 2 nitrogen and oxygen atoms in total. The van der Waals surface area contributed by atoms with E-state index in [1.807, 2.05) is 6.07 Å². The van der Waals surface area contributed by atoms with Crippen LogP contribution in [0, 0.1) is 0 Å². The van der Waals surface area contributed by atoms with Crippen LogP contribution in [0.15, 0.2) is 42.5 Å². The average molecular weight is 264 g/mol. The van der Waals surface area contributed by atoms with E-state index in [1.54, 1.807) is 0 Å². The first-order valence-corrected chi connectivity index (χ1v) is 7.48. The van der Waals surface area contributed by atoms with Crippen molar-refractivity contribution in [3.8, 4) is 0 Å². The Hall–Kier alpha value is -1.80. The summed E-state index contributed by atoms with van der Waals surface area (Å²) < 4.78 is 0. The second-order valence-electron chi connectivity index (χ2n) is 6.04. The van der Waals surface area contributed by atoms with E-state index in [2.05, 4.69) is 41.3 Å². The topological polar surface area (TPSA) is 29.3 Å². The molecule has 0 atom stereocenters. The molecule has 1 heterocycles. The fourth-order valence-electron chi connectivity index (χ4n) is 3.73. The standard InChI is InChI=1S/C18H20N2/c19-18-7-3-6-13-8-9-20(12-17(13)18)16-10-14-4-1-2-5-15(14)11-16/h1-7,16H,8-12,19H2. The van der Waals surface area contributed by atoms with E-state index in [-0.39, 0.29) is 0 Å². The van der Waals surface area contributed by atoms with Gasteiger partial charge in [-0.3, -0.25) is 4.90 Å². The zero-order valence-electron chi connectivity index (χ0n) is 11.7. The van der Waals surface area contributed by atoms with Crippen LogP contribution in [-0.4, -0.2) is 17.5 Å². The number of nitrogen functional groups attached to an aromatic ring is 1. The maximum Gasteiger partial charge on any atom is 0.0362 e. The molecule has 1 aliphatic heterocycles. The number of rotatable bonds is 1. The van der Waals surface area contributed by atoms with Crippen molar-refractivity contribution in [2.75, 3.05) is 12.3 Å². The summed E-state index contributed by atoms with van der Waals surface area (Å²) in [4.78, 5) is 2.62.